The Hall–Kier alpha value is -0.0800. The Bertz CT molecular complexity index is 201. The van der Waals surface area contributed by atoms with Crippen LogP contribution in [0.3, 0.4) is 0 Å². The quantitative estimate of drug-likeness (QED) is 0.717. The Labute approximate surface area is 108 Å². The Morgan fingerprint density at radius 2 is 2.06 bits per heavy atom. The predicted octanol–water partition coefficient (Wildman–Crippen LogP) is 3.28. The predicted molar refractivity (Wildman–Crippen MR) is 76.4 cm³/mol. The molecule has 1 rings (SSSR count). The lowest BCUT2D eigenvalue weighted by atomic mass is 9.86. The molecule has 1 aliphatic rings. The zero-order valence-corrected chi connectivity index (χ0v) is 12.4. The van der Waals surface area contributed by atoms with Gasteiger partial charge in [0.2, 0.25) is 0 Å². The van der Waals surface area contributed by atoms with Gasteiger partial charge in [0.15, 0.2) is 0 Å². The van der Waals surface area contributed by atoms with Crippen LogP contribution in [-0.2, 0) is 0 Å². The van der Waals surface area contributed by atoms with Gasteiger partial charge in [-0.3, -0.25) is 0 Å². The number of unbranched alkanes of at least 4 members (excludes halogenated alkanes) is 2. The third-order valence-electron chi connectivity index (χ3n) is 3.78. The molecule has 1 fully saturated rings. The van der Waals surface area contributed by atoms with Crippen LogP contribution in [0.4, 0.5) is 0 Å². The number of rotatable bonds is 6. The Morgan fingerprint density at radius 3 is 2.76 bits per heavy atom. The minimum Gasteiger partial charge on any atom is -0.313 e. The second-order valence-corrected chi connectivity index (χ2v) is 6.57. The summed E-state index contributed by atoms with van der Waals surface area (Å²) in [5, 5.41) is 3.57. The molecule has 1 heterocycles. The standard InChI is InChI=1S/C15H32N2/c1-5-6-7-9-15(3,4)13-17-11-8-10-16-14(2)12-17/h14,16H,5-13H2,1-4H3. The molecule has 1 saturated heterocycles. The van der Waals surface area contributed by atoms with E-state index in [1.54, 1.807) is 0 Å². The van der Waals surface area contributed by atoms with Gasteiger partial charge in [0.05, 0.1) is 0 Å². The van der Waals surface area contributed by atoms with E-state index in [1.165, 1.54) is 58.3 Å². The molecule has 0 aromatic carbocycles. The highest BCUT2D eigenvalue weighted by molar-refractivity contribution is 4.79. The first-order chi connectivity index (χ1) is 8.03. The minimum atomic E-state index is 0.485. The van der Waals surface area contributed by atoms with Crippen molar-refractivity contribution >= 4 is 0 Å². The van der Waals surface area contributed by atoms with Crippen molar-refractivity contribution in [3.8, 4) is 0 Å². The van der Waals surface area contributed by atoms with E-state index in [2.05, 4.69) is 37.9 Å². The largest absolute Gasteiger partial charge is 0.313 e. The van der Waals surface area contributed by atoms with E-state index in [1.807, 2.05) is 0 Å². The normalized spacial score (nSPS) is 23.6. The molecular formula is C15H32N2. The van der Waals surface area contributed by atoms with E-state index in [0.717, 1.165) is 0 Å². The summed E-state index contributed by atoms with van der Waals surface area (Å²) >= 11 is 0. The molecule has 0 aliphatic carbocycles. The van der Waals surface area contributed by atoms with Crippen LogP contribution in [0.1, 0.15) is 59.8 Å². The second kappa shape index (κ2) is 7.38. The summed E-state index contributed by atoms with van der Waals surface area (Å²) in [6, 6.07) is 0.656. The van der Waals surface area contributed by atoms with Crippen molar-refractivity contribution in [1.82, 2.24) is 10.2 Å². The van der Waals surface area contributed by atoms with Gasteiger partial charge >= 0.3 is 0 Å². The highest BCUT2D eigenvalue weighted by Crippen LogP contribution is 2.25. The monoisotopic (exact) mass is 240 g/mol. The highest BCUT2D eigenvalue weighted by Gasteiger charge is 2.23. The zero-order valence-electron chi connectivity index (χ0n) is 12.4. The molecule has 0 spiro atoms. The Morgan fingerprint density at radius 1 is 1.29 bits per heavy atom. The van der Waals surface area contributed by atoms with Gasteiger partial charge in [0, 0.05) is 19.1 Å². The lowest BCUT2D eigenvalue weighted by molar-refractivity contribution is 0.165. The van der Waals surface area contributed by atoms with Crippen LogP contribution in [0, 0.1) is 5.41 Å². The maximum atomic E-state index is 3.57. The molecule has 1 unspecified atom stereocenters. The summed E-state index contributed by atoms with van der Waals surface area (Å²) in [5.41, 5.74) is 0.485. The van der Waals surface area contributed by atoms with Crippen molar-refractivity contribution in [3.63, 3.8) is 0 Å². The Kier molecular flexibility index (Phi) is 6.50. The summed E-state index contributed by atoms with van der Waals surface area (Å²) in [6.07, 6.45) is 6.79. The molecule has 1 N–H and O–H groups in total. The van der Waals surface area contributed by atoms with Gasteiger partial charge in [-0.05, 0) is 38.3 Å². The molecular weight excluding hydrogens is 208 g/mol. The lowest BCUT2D eigenvalue weighted by Crippen LogP contribution is -2.40. The van der Waals surface area contributed by atoms with Gasteiger partial charge in [-0.15, -0.1) is 0 Å². The van der Waals surface area contributed by atoms with Crippen molar-refractivity contribution in [2.45, 2.75) is 65.8 Å². The van der Waals surface area contributed by atoms with Crippen molar-refractivity contribution in [2.75, 3.05) is 26.2 Å². The molecule has 1 aliphatic heterocycles. The molecule has 0 radical (unpaired) electrons. The first-order valence-electron chi connectivity index (χ1n) is 7.49. The van der Waals surface area contributed by atoms with E-state index in [-0.39, 0.29) is 0 Å². The lowest BCUT2D eigenvalue weighted by Gasteiger charge is -2.33. The Balaban J connectivity index is 2.33. The number of nitrogens with one attached hydrogen (secondary N) is 1. The summed E-state index contributed by atoms with van der Waals surface area (Å²) in [7, 11) is 0. The molecule has 102 valence electrons. The zero-order chi connectivity index (χ0) is 12.7. The van der Waals surface area contributed by atoms with Gasteiger partial charge in [-0.25, -0.2) is 0 Å². The summed E-state index contributed by atoms with van der Waals surface area (Å²) in [6.45, 7) is 14.4. The van der Waals surface area contributed by atoms with Crippen molar-refractivity contribution in [3.05, 3.63) is 0 Å². The maximum absolute atomic E-state index is 3.57. The average Bonchev–Trinajstić information content (AvgIpc) is 2.42. The molecule has 0 bridgehead atoms. The molecule has 0 aromatic rings. The molecule has 17 heavy (non-hydrogen) atoms. The van der Waals surface area contributed by atoms with Crippen LogP contribution < -0.4 is 5.32 Å². The fraction of sp³-hybridized carbons (Fsp3) is 1.00. The van der Waals surface area contributed by atoms with Crippen LogP contribution in [0.15, 0.2) is 0 Å². The maximum Gasteiger partial charge on any atom is 0.0166 e. The van der Waals surface area contributed by atoms with Gasteiger partial charge < -0.3 is 10.2 Å². The molecule has 2 nitrogen and oxygen atoms in total. The van der Waals surface area contributed by atoms with Gasteiger partial charge in [0.25, 0.3) is 0 Å². The molecule has 0 aromatic heterocycles. The molecule has 2 heteroatoms. The average molecular weight is 240 g/mol. The summed E-state index contributed by atoms with van der Waals surface area (Å²) in [5.74, 6) is 0. The second-order valence-electron chi connectivity index (χ2n) is 6.57. The third-order valence-corrected chi connectivity index (χ3v) is 3.78. The summed E-state index contributed by atoms with van der Waals surface area (Å²) in [4.78, 5) is 2.66. The molecule has 1 atom stereocenters. The molecule has 0 amide bonds. The molecule has 0 saturated carbocycles. The van der Waals surface area contributed by atoms with E-state index < -0.39 is 0 Å². The highest BCUT2D eigenvalue weighted by atomic mass is 15.2. The van der Waals surface area contributed by atoms with Crippen molar-refractivity contribution in [1.29, 1.82) is 0 Å². The van der Waals surface area contributed by atoms with E-state index in [0.29, 0.717) is 11.5 Å². The van der Waals surface area contributed by atoms with Gasteiger partial charge in [0.1, 0.15) is 0 Å². The van der Waals surface area contributed by atoms with Crippen molar-refractivity contribution in [2.24, 2.45) is 5.41 Å². The van der Waals surface area contributed by atoms with Crippen LogP contribution in [-0.4, -0.2) is 37.1 Å². The van der Waals surface area contributed by atoms with Gasteiger partial charge in [-0.2, -0.15) is 0 Å². The smallest absolute Gasteiger partial charge is 0.0166 e. The van der Waals surface area contributed by atoms with E-state index >= 15 is 0 Å². The third kappa shape index (κ3) is 6.42. The number of nitrogens with zero attached hydrogens (tertiary/aromatic N) is 1. The fourth-order valence-corrected chi connectivity index (χ4v) is 2.88. The van der Waals surface area contributed by atoms with Crippen LogP contribution >= 0.6 is 0 Å². The topological polar surface area (TPSA) is 15.3 Å². The minimum absolute atomic E-state index is 0.485. The first kappa shape index (κ1) is 15.0. The van der Waals surface area contributed by atoms with Crippen LogP contribution in [0.5, 0.6) is 0 Å². The SMILES string of the molecule is CCCCCC(C)(C)CN1CCCNC(C)C1. The van der Waals surface area contributed by atoms with Gasteiger partial charge in [-0.1, -0.05) is 40.0 Å². The fourth-order valence-electron chi connectivity index (χ4n) is 2.88. The number of hydrogen-bond donors (Lipinski definition) is 1. The van der Waals surface area contributed by atoms with E-state index in [9.17, 15) is 0 Å². The van der Waals surface area contributed by atoms with Crippen LogP contribution in [0.25, 0.3) is 0 Å². The first-order valence-corrected chi connectivity index (χ1v) is 7.49. The van der Waals surface area contributed by atoms with Crippen LogP contribution in [0.2, 0.25) is 0 Å². The number of hydrogen-bond acceptors (Lipinski definition) is 2. The van der Waals surface area contributed by atoms with Crippen molar-refractivity contribution < 1.29 is 0 Å². The summed E-state index contributed by atoms with van der Waals surface area (Å²) < 4.78 is 0. The van der Waals surface area contributed by atoms with E-state index in [4.69, 9.17) is 0 Å².